The van der Waals surface area contributed by atoms with Crippen LogP contribution in [0.2, 0.25) is 0 Å². The molecule has 8 heteroatoms. The number of carbonyl (C=O) groups is 3. The van der Waals surface area contributed by atoms with E-state index in [4.69, 9.17) is 4.74 Å². The lowest BCUT2D eigenvalue weighted by atomic mass is 9.99. The second kappa shape index (κ2) is 12.5. The Morgan fingerprint density at radius 3 is 2.05 bits per heavy atom. The van der Waals surface area contributed by atoms with Crippen LogP contribution in [0.1, 0.15) is 31.8 Å². The number of methoxy groups -OCH3 is 1. The third-order valence-corrected chi connectivity index (χ3v) is 6.98. The van der Waals surface area contributed by atoms with Crippen LogP contribution in [-0.4, -0.2) is 57.0 Å². The molecule has 5 rings (SSSR count). The molecule has 0 bridgehead atoms. The summed E-state index contributed by atoms with van der Waals surface area (Å²) in [6, 6.07) is 31.4. The second-order valence-corrected chi connectivity index (χ2v) is 10.1. The van der Waals surface area contributed by atoms with Crippen molar-refractivity contribution in [3.8, 4) is 0 Å². The van der Waals surface area contributed by atoms with Gasteiger partial charge in [-0.2, -0.15) is 0 Å². The monoisotopic (exact) mass is 560 g/mol. The zero-order chi connectivity index (χ0) is 29.6. The first-order chi connectivity index (χ1) is 20.4. The van der Waals surface area contributed by atoms with E-state index in [1.165, 1.54) is 7.11 Å². The maximum absolute atomic E-state index is 13.4. The van der Waals surface area contributed by atoms with Crippen molar-refractivity contribution in [3.63, 3.8) is 0 Å². The Hall–Kier alpha value is -5.21. The standard InChI is InChI=1S/C34H32N4O4/c1-37(2)20-21-38(33(40)24-12-8-5-9-13-24)27-17-15-26(16-18-27)35-31(23-10-6-4-7-11-23)30-28-19-14-25(34(41)42-3)22-29(28)36-32(30)39/h4-19,22,35H,20-21H2,1-3H3,(H,36,39)/b31-30-. The molecule has 0 saturated carbocycles. The highest BCUT2D eigenvalue weighted by Gasteiger charge is 2.29. The van der Waals surface area contributed by atoms with Crippen molar-refractivity contribution in [2.24, 2.45) is 0 Å². The molecule has 1 aliphatic heterocycles. The molecule has 42 heavy (non-hydrogen) atoms. The second-order valence-electron chi connectivity index (χ2n) is 10.1. The number of benzene rings is 4. The number of ether oxygens (including phenoxy) is 1. The Bertz CT molecular complexity index is 1630. The predicted molar refractivity (Wildman–Crippen MR) is 166 cm³/mol. The number of esters is 1. The summed E-state index contributed by atoms with van der Waals surface area (Å²) in [6.07, 6.45) is 0. The molecule has 0 atom stereocenters. The number of fused-ring (bicyclic) bond motifs is 1. The molecule has 0 fully saturated rings. The zero-order valence-corrected chi connectivity index (χ0v) is 23.8. The molecule has 0 aromatic heterocycles. The number of amides is 2. The van der Waals surface area contributed by atoms with Crippen LogP contribution >= 0.6 is 0 Å². The Morgan fingerprint density at radius 1 is 0.786 bits per heavy atom. The van der Waals surface area contributed by atoms with Crippen molar-refractivity contribution in [1.29, 1.82) is 0 Å². The van der Waals surface area contributed by atoms with Crippen LogP contribution in [-0.2, 0) is 9.53 Å². The van der Waals surface area contributed by atoms with Gasteiger partial charge in [0.05, 0.1) is 29.6 Å². The molecule has 4 aromatic carbocycles. The summed E-state index contributed by atoms with van der Waals surface area (Å²) >= 11 is 0. The lowest BCUT2D eigenvalue weighted by molar-refractivity contribution is -0.110. The number of anilines is 3. The number of carbonyl (C=O) groups excluding carboxylic acids is 3. The van der Waals surface area contributed by atoms with Crippen LogP contribution in [0.25, 0.3) is 11.3 Å². The fourth-order valence-corrected chi connectivity index (χ4v) is 4.80. The van der Waals surface area contributed by atoms with Crippen molar-refractivity contribution in [2.45, 2.75) is 0 Å². The van der Waals surface area contributed by atoms with Crippen LogP contribution in [0, 0.1) is 0 Å². The molecule has 0 unspecified atom stereocenters. The van der Waals surface area contributed by atoms with Gasteiger partial charge in [0.1, 0.15) is 0 Å². The van der Waals surface area contributed by atoms with Crippen LogP contribution in [0.15, 0.2) is 103 Å². The average molecular weight is 561 g/mol. The van der Waals surface area contributed by atoms with E-state index >= 15 is 0 Å². The van der Waals surface area contributed by atoms with E-state index < -0.39 is 5.97 Å². The summed E-state index contributed by atoms with van der Waals surface area (Å²) in [4.78, 5) is 42.6. The molecule has 8 nitrogen and oxygen atoms in total. The minimum absolute atomic E-state index is 0.0733. The third kappa shape index (κ3) is 6.09. The summed E-state index contributed by atoms with van der Waals surface area (Å²) in [5.41, 5.74) is 5.62. The van der Waals surface area contributed by atoms with Crippen LogP contribution in [0.4, 0.5) is 17.1 Å². The Labute approximate surface area is 245 Å². The summed E-state index contributed by atoms with van der Waals surface area (Å²) in [5, 5.41) is 6.34. The average Bonchev–Trinajstić information content (AvgIpc) is 3.35. The molecule has 0 radical (unpaired) electrons. The highest BCUT2D eigenvalue weighted by molar-refractivity contribution is 6.37. The van der Waals surface area contributed by atoms with Gasteiger partial charge in [0.2, 0.25) is 0 Å². The summed E-state index contributed by atoms with van der Waals surface area (Å²) < 4.78 is 4.84. The van der Waals surface area contributed by atoms with Gasteiger partial charge < -0.3 is 25.2 Å². The summed E-state index contributed by atoms with van der Waals surface area (Å²) in [7, 11) is 5.27. The van der Waals surface area contributed by atoms with E-state index in [2.05, 4.69) is 10.6 Å². The normalized spacial score (nSPS) is 13.3. The molecule has 0 aliphatic carbocycles. The van der Waals surface area contributed by atoms with E-state index in [0.29, 0.717) is 46.7 Å². The van der Waals surface area contributed by atoms with Crippen molar-refractivity contribution >= 4 is 46.1 Å². The summed E-state index contributed by atoms with van der Waals surface area (Å²) in [6.45, 7) is 1.23. The maximum Gasteiger partial charge on any atom is 0.337 e. The number of rotatable bonds is 9. The number of likely N-dealkylation sites (N-methyl/N-ethyl adjacent to an activating group) is 1. The summed E-state index contributed by atoms with van der Waals surface area (Å²) in [5.74, 6) is -0.828. The van der Waals surface area contributed by atoms with Crippen LogP contribution in [0.5, 0.6) is 0 Å². The van der Waals surface area contributed by atoms with Gasteiger partial charge in [-0.1, -0.05) is 54.6 Å². The highest BCUT2D eigenvalue weighted by Crippen LogP contribution is 2.38. The topological polar surface area (TPSA) is 91.0 Å². The Balaban J connectivity index is 1.50. The molecule has 212 valence electrons. The lowest BCUT2D eigenvalue weighted by Gasteiger charge is -2.25. The van der Waals surface area contributed by atoms with Crippen LogP contribution < -0.4 is 15.5 Å². The number of nitrogens with one attached hydrogen (secondary N) is 2. The van der Waals surface area contributed by atoms with Crippen molar-refractivity contribution < 1.29 is 19.1 Å². The fraction of sp³-hybridized carbons (Fsp3) is 0.147. The molecule has 0 spiro atoms. The first-order valence-corrected chi connectivity index (χ1v) is 13.6. The Morgan fingerprint density at radius 2 is 1.43 bits per heavy atom. The van der Waals surface area contributed by atoms with E-state index in [0.717, 1.165) is 16.9 Å². The van der Waals surface area contributed by atoms with Gasteiger partial charge in [-0.25, -0.2) is 4.79 Å². The Kier molecular flexibility index (Phi) is 8.45. The minimum Gasteiger partial charge on any atom is -0.465 e. The van der Waals surface area contributed by atoms with Gasteiger partial charge in [0, 0.05) is 35.6 Å². The van der Waals surface area contributed by atoms with Gasteiger partial charge in [-0.3, -0.25) is 9.59 Å². The zero-order valence-electron chi connectivity index (χ0n) is 23.8. The van der Waals surface area contributed by atoms with Crippen molar-refractivity contribution in [1.82, 2.24) is 4.90 Å². The number of hydrogen-bond donors (Lipinski definition) is 2. The van der Waals surface area contributed by atoms with Gasteiger partial charge in [0.25, 0.3) is 11.8 Å². The molecule has 0 saturated heterocycles. The molecule has 1 aliphatic rings. The molecule has 2 amide bonds. The quantitative estimate of drug-likeness (QED) is 0.204. The van der Waals surface area contributed by atoms with Crippen LogP contribution in [0.3, 0.4) is 0 Å². The fourth-order valence-electron chi connectivity index (χ4n) is 4.80. The molecular formula is C34H32N4O4. The smallest absolute Gasteiger partial charge is 0.337 e. The van der Waals surface area contributed by atoms with Crippen molar-refractivity contribution in [3.05, 3.63) is 125 Å². The maximum atomic E-state index is 13.4. The highest BCUT2D eigenvalue weighted by atomic mass is 16.5. The number of nitrogens with zero attached hydrogens (tertiary/aromatic N) is 2. The van der Waals surface area contributed by atoms with E-state index in [-0.39, 0.29) is 11.8 Å². The molecule has 2 N–H and O–H groups in total. The largest absolute Gasteiger partial charge is 0.465 e. The first kappa shape index (κ1) is 28.3. The SMILES string of the molecule is COC(=O)c1ccc2c(c1)NC(=O)/C2=C(\Nc1ccc(N(CCN(C)C)C(=O)c2ccccc2)cc1)c1ccccc1. The van der Waals surface area contributed by atoms with Gasteiger partial charge >= 0.3 is 5.97 Å². The molecular weight excluding hydrogens is 528 g/mol. The minimum atomic E-state index is -0.476. The predicted octanol–water partition coefficient (Wildman–Crippen LogP) is 5.61. The van der Waals surface area contributed by atoms with Gasteiger partial charge in [-0.05, 0) is 68.2 Å². The van der Waals surface area contributed by atoms with E-state index in [1.54, 1.807) is 23.1 Å². The van der Waals surface area contributed by atoms with E-state index in [9.17, 15) is 14.4 Å². The first-order valence-electron chi connectivity index (χ1n) is 13.6. The van der Waals surface area contributed by atoms with Crippen molar-refractivity contribution in [2.75, 3.05) is 49.8 Å². The molecule has 4 aromatic rings. The lowest BCUT2D eigenvalue weighted by Crippen LogP contribution is -2.36. The third-order valence-electron chi connectivity index (χ3n) is 6.98. The number of hydrogen-bond acceptors (Lipinski definition) is 6. The molecule has 1 heterocycles. The van der Waals surface area contributed by atoms with E-state index in [1.807, 2.05) is 104 Å². The van der Waals surface area contributed by atoms with Gasteiger partial charge in [0.15, 0.2) is 0 Å². The van der Waals surface area contributed by atoms with Gasteiger partial charge in [-0.15, -0.1) is 0 Å².